The highest BCUT2D eigenvalue weighted by Gasteiger charge is 2.43. The van der Waals surface area contributed by atoms with Gasteiger partial charge in [-0.3, -0.25) is 0 Å². The zero-order chi connectivity index (χ0) is 12.7. The van der Waals surface area contributed by atoms with E-state index in [2.05, 4.69) is 0 Å². The zero-order valence-corrected chi connectivity index (χ0v) is 9.10. The summed E-state index contributed by atoms with van der Waals surface area (Å²) < 4.78 is 51.2. The van der Waals surface area contributed by atoms with E-state index in [-0.39, 0.29) is 25.3 Å². The molecule has 0 heterocycles. The number of hydrogen-bond acceptors (Lipinski definition) is 1. The van der Waals surface area contributed by atoms with E-state index in [4.69, 9.17) is 5.73 Å². The maximum absolute atomic E-state index is 13.9. The summed E-state index contributed by atoms with van der Waals surface area (Å²) in [5, 5.41) is 0. The van der Waals surface area contributed by atoms with Crippen molar-refractivity contribution in [3.8, 4) is 0 Å². The Morgan fingerprint density at radius 2 is 1.94 bits per heavy atom. The molecule has 0 amide bonds. The summed E-state index contributed by atoms with van der Waals surface area (Å²) in [4.78, 5) is 0. The molecule has 0 saturated heterocycles. The highest BCUT2D eigenvalue weighted by molar-refractivity contribution is 5.27. The van der Waals surface area contributed by atoms with Crippen molar-refractivity contribution in [1.82, 2.24) is 0 Å². The molecule has 2 N–H and O–H groups in total. The molecule has 1 fully saturated rings. The second-order valence-corrected chi connectivity index (χ2v) is 4.69. The number of halogens is 4. The Bertz CT molecular complexity index is 407. The summed E-state index contributed by atoms with van der Waals surface area (Å²) in [6.45, 7) is 0. The zero-order valence-electron chi connectivity index (χ0n) is 9.10. The van der Waals surface area contributed by atoms with Gasteiger partial charge in [0.25, 0.3) is 0 Å². The van der Waals surface area contributed by atoms with Crippen molar-refractivity contribution < 1.29 is 17.6 Å². The standard InChI is InChI=1S/C12H13F4N/c13-11(6-10(17)7-11)5-8-2-1-3-9(4-8)12(14,15)16/h1-4,10H,5-7,17H2. The summed E-state index contributed by atoms with van der Waals surface area (Å²) in [5.41, 5.74) is 3.70. The van der Waals surface area contributed by atoms with Crippen LogP contribution in [-0.4, -0.2) is 11.7 Å². The fourth-order valence-corrected chi connectivity index (χ4v) is 2.25. The van der Waals surface area contributed by atoms with Crippen LogP contribution in [0.2, 0.25) is 0 Å². The van der Waals surface area contributed by atoms with Crippen molar-refractivity contribution in [1.29, 1.82) is 0 Å². The Hall–Kier alpha value is -1.10. The minimum absolute atomic E-state index is 0.00458. The average Bonchev–Trinajstić information content (AvgIpc) is 2.14. The van der Waals surface area contributed by atoms with Gasteiger partial charge in [-0.15, -0.1) is 0 Å². The first-order valence-corrected chi connectivity index (χ1v) is 5.39. The Morgan fingerprint density at radius 3 is 2.47 bits per heavy atom. The highest BCUT2D eigenvalue weighted by atomic mass is 19.4. The summed E-state index contributed by atoms with van der Waals surface area (Å²) in [6.07, 6.45) is -3.92. The molecule has 0 aromatic heterocycles. The molecule has 2 rings (SSSR count). The van der Waals surface area contributed by atoms with Crippen LogP contribution < -0.4 is 5.73 Å². The van der Waals surface area contributed by atoms with Crippen LogP contribution in [0, 0.1) is 0 Å². The smallest absolute Gasteiger partial charge is 0.327 e. The van der Waals surface area contributed by atoms with Gasteiger partial charge in [-0.2, -0.15) is 13.2 Å². The molecule has 1 aliphatic rings. The van der Waals surface area contributed by atoms with Crippen LogP contribution in [0.5, 0.6) is 0 Å². The van der Waals surface area contributed by atoms with Crippen molar-refractivity contribution in [2.45, 2.75) is 37.1 Å². The van der Waals surface area contributed by atoms with E-state index in [1.54, 1.807) is 0 Å². The second kappa shape index (κ2) is 3.98. The molecule has 1 nitrogen and oxygen atoms in total. The molecule has 0 radical (unpaired) electrons. The summed E-state index contributed by atoms with van der Waals surface area (Å²) in [5.74, 6) is 0. The maximum atomic E-state index is 13.9. The lowest BCUT2D eigenvalue weighted by Crippen LogP contribution is -2.49. The van der Waals surface area contributed by atoms with E-state index in [1.807, 2.05) is 0 Å². The monoisotopic (exact) mass is 247 g/mol. The SMILES string of the molecule is NC1CC(F)(Cc2cccc(C(F)(F)F)c2)C1. The quantitative estimate of drug-likeness (QED) is 0.798. The van der Waals surface area contributed by atoms with Gasteiger partial charge in [0, 0.05) is 12.5 Å². The third-order valence-electron chi connectivity index (χ3n) is 3.03. The first-order valence-electron chi connectivity index (χ1n) is 5.39. The average molecular weight is 247 g/mol. The lowest BCUT2D eigenvalue weighted by molar-refractivity contribution is -0.137. The molecule has 0 bridgehead atoms. The Morgan fingerprint density at radius 1 is 1.29 bits per heavy atom. The number of hydrogen-bond donors (Lipinski definition) is 1. The molecular weight excluding hydrogens is 234 g/mol. The molecule has 1 saturated carbocycles. The highest BCUT2D eigenvalue weighted by Crippen LogP contribution is 2.38. The molecule has 94 valence electrons. The van der Waals surface area contributed by atoms with Crippen LogP contribution in [0.1, 0.15) is 24.0 Å². The molecule has 0 atom stereocenters. The molecule has 0 spiro atoms. The van der Waals surface area contributed by atoms with Crippen LogP contribution in [0.25, 0.3) is 0 Å². The van der Waals surface area contributed by atoms with Gasteiger partial charge in [0.1, 0.15) is 5.67 Å². The summed E-state index contributed by atoms with van der Waals surface area (Å²) in [7, 11) is 0. The van der Waals surface area contributed by atoms with Gasteiger partial charge in [0.05, 0.1) is 5.56 Å². The molecule has 1 aliphatic carbocycles. The van der Waals surface area contributed by atoms with Gasteiger partial charge < -0.3 is 5.73 Å². The van der Waals surface area contributed by atoms with Crippen LogP contribution in [0.3, 0.4) is 0 Å². The molecule has 17 heavy (non-hydrogen) atoms. The van der Waals surface area contributed by atoms with Gasteiger partial charge in [-0.05, 0) is 24.5 Å². The number of benzene rings is 1. The van der Waals surface area contributed by atoms with Crippen molar-refractivity contribution in [3.05, 3.63) is 35.4 Å². The Kier molecular flexibility index (Phi) is 2.89. The molecule has 0 aliphatic heterocycles. The van der Waals surface area contributed by atoms with Gasteiger partial charge in [-0.1, -0.05) is 18.2 Å². The van der Waals surface area contributed by atoms with Crippen LogP contribution in [-0.2, 0) is 12.6 Å². The molecular formula is C12H13F4N. The number of rotatable bonds is 2. The van der Waals surface area contributed by atoms with E-state index in [9.17, 15) is 17.6 Å². The minimum atomic E-state index is -4.38. The van der Waals surface area contributed by atoms with Crippen LogP contribution >= 0.6 is 0 Å². The van der Waals surface area contributed by atoms with E-state index in [0.29, 0.717) is 5.56 Å². The van der Waals surface area contributed by atoms with Crippen molar-refractivity contribution in [3.63, 3.8) is 0 Å². The van der Waals surface area contributed by atoms with Gasteiger partial charge in [-0.25, -0.2) is 4.39 Å². The van der Waals surface area contributed by atoms with Gasteiger partial charge in [0.15, 0.2) is 0 Å². The number of nitrogens with two attached hydrogens (primary N) is 1. The van der Waals surface area contributed by atoms with E-state index in [0.717, 1.165) is 12.1 Å². The van der Waals surface area contributed by atoms with E-state index < -0.39 is 17.4 Å². The Labute approximate surface area is 96.6 Å². The van der Waals surface area contributed by atoms with Crippen LogP contribution in [0.15, 0.2) is 24.3 Å². The first kappa shape index (κ1) is 12.4. The van der Waals surface area contributed by atoms with Gasteiger partial charge in [0.2, 0.25) is 0 Å². The summed E-state index contributed by atoms with van der Waals surface area (Å²) in [6, 6.07) is 4.65. The summed E-state index contributed by atoms with van der Waals surface area (Å²) >= 11 is 0. The van der Waals surface area contributed by atoms with Crippen molar-refractivity contribution in [2.75, 3.05) is 0 Å². The third-order valence-corrected chi connectivity index (χ3v) is 3.03. The second-order valence-electron chi connectivity index (χ2n) is 4.69. The number of alkyl halides is 4. The lowest BCUT2D eigenvalue weighted by Gasteiger charge is -2.39. The van der Waals surface area contributed by atoms with Gasteiger partial charge >= 0.3 is 6.18 Å². The van der Waals surface area contributed by atoms with Crippen LogP contribution in [0.4, 0.5) is 17.6 Å². The third kappa shape index (κ3) is 2.77. The maximum Gasteiger partial charge on any atom is 0.416 e. The fraction of sp³-hybridized carbons (Fsp3) is 0.500. The minimum Gasteiger partial charge on any atom is -0.327 e. The molecule has 1 aromatic rings. The van der Waals surface area contributed by atoms with Crippen molar-refractivity contribution >= 4 is 0 Å². The largest absolute Gasteiger partial charge is 0.416 e. The topological polar surface area (TPSA) is 26.0 Å². The predicted molar refractivity (Wildman–Crippen MR) is 56.2 cm³/mol. The molecule has 5 heteroatoms. The fourth-order valence-electron chi connectivity index (χ4n) is 2.25. The normalized spacial score (nSPS) is 28.9. The first-order chi connectivity index (χ1) is 7.78. The Balaban J connectivity index is 2.12. The molecule has 0 unspecified atom stereocenters. The lowest BCUT2D eigenvalue weighted by atomic mass is 9.74. The van der Waals surface area contributed by atoms with E-state index >= 15 is 0 Å². The molecule has 1 aromatic carbocycles. The van der Waals surface area contributed by atoms with E-state index in [1.165, 1.54) is 12.1 Å². The van der Waals surface area contributed by atoms with Crippen molar-refractivity contribution in [2.24, 2.45) is 5.73 Å². The predicted octanol–water partition coefficient (Wildman–Crippen LogP) is 3.08.